The number of hydrogen-bond donors (Lipinski definition) is 2. The summed E-state index contributed by atoms with van der Waals surface area (Å²) in [6.07, 6.45) is 37.2. The Morgan fingerprint density at radius 1 is 0.444 bits per heavy atom. The van der Waals surface area contributed by atoms with Crippen molar-refractivity contribution in [2.45, 2.75) is 258 Å². The highest BCUT2D eigenvalue weighted by Crippen LogP contribution is 2.26. The van der Waals surface area contributed by atoms with E-state index >= 15 is 0 Å². The minimum Gasteiger partial charge on any atom is -1.00 e. The molecule has 322 valence electrons. The molecule has 1 rings (SSSR count). The van der Waals surface area contributed by atoms with Gasteiger partial charge >= 0.3 is 12.2 Å². The third-order valence-corrected chi connectivity index (χ3v) is 11.0. The molecule has 0 radical (unpaired) electrons. The minimum atomic E-state index is -0.578. The Morgan fingerprint density at radius 3 is 0.889 bits per heavy atom. The fraction of sp³-hybridized carbons (Fsp3) is 0.957. The molecule has 1 aliphatic rings. The molecule has 2 N–H and O–H groups in total. The largest absolute Gasteiger partial charge is 1.00 e. The van der Waals surface area contributed by atoms with Gasteiger partial charge in [0.05, 0.1) is 13.1 Å². The molecule has 1 heterocycles. The molecule has 0 bridgehead atoms. The molecule has 54 heavy (non-hydrogen) atoms. The minimum absolute atomic E-state index is 0. The first-order valence-corrected chi connectivity index (χ1v) is 23.1. The predicted octanol–water partition coefficient (Wildman–Crippen LogP) is 10.6. The number of rotatable bonds is 32. The lowest BCUT2D eigenvalue weighted by atomic mass is 10.0. The molecule has 0 aliphatic carbocycles. The molecule has 0 spiro atoms. The highest BCUT2D eigenvalue weighted by atomic mass is 35.5. The van der Waals surface area contributed by atoms with Gasteiger partial charge in [0.1, 0.15) is 36.4 Å². The zero-order valence-corrected chi connectivity index (χ0v) is 38.0. The van der Waals surface area contributed by atoms with Gasteiger partial charge in [0.2, 0.25) is 0 Å². The quantitative estimate of drug-likeness (QED) is 0.0526. The zero-order valence-electron chi connectivity index (χ0n) is 37.2. The van der Waals surface area contributed by atoms with Crippen LogP contribution in [0.3, 0.4) is 0 Å². The van der Waals surface area contributed by atoms with Gasteiger partial charge in [0.25, 0.3) is 0 Å². The van der Waals surface area contributed by atoms with E-state index in [4.69, 9.17) is 9.47 Å². The second kappa shape index (κ2) is 31.8. The van der Waals surface area contributed by atoms with Crippen LogP contribution in [0.2, 0.25) is 0 Å². The van der Waals surface area contributed by atoms with Gasteiger partial charge in [-0.15, -0.1) is 0 Å². The zero-order chi connectivity index (χ0) is 39.3. The van der Waals surface area contributed by atoms with Crippen LogP contribution in [0.15, 0.2) is 0 Å². The number of alkyl carbamates (subject to hydrolysis) is 2. The van der Waals surface area contributed by atoms with Gasteiger partial charge in [0.15, 0.2) is 0 Å². The van der Waals surface area contributed by atoms with Crippen molar-refractivity contribution in [3.8, 4) is 0 Å². The van der Waals surface area contributed by atoms with Gasteiger partial charge in [-0.25, -0.2) is 9.59 Å². The summed E-state index contributed by atoms with van der Waals surface area (Å²) in [7, 11) is 0. The average Bonchev–Trinajstić information content (AvgIpc) is 3.38. The van der Waals surface area contributed by atoms with Crippen molar-refractivity contribution in [3.05, 3.63) is 0 Å². The van der Waals surface area contributed by atoms with Gasteiger partial charge < -0.3 is 37.0 Å². The molecular formula is C46H92ClN3O4. The standard InChI is InChI=1S/C46H91N3O4.ClH/c1-9-11-13-15-17-19-21-23-25-27-29-31-33-35-37-49(38-36-34-32-30-28-26-24-22-20-18-16-14-12-10-2)39-41(47-43(50)52-45(3,4)5)42(40-49)48-44(51)53-46(6,7)8;/h41-42H,9-40H2,1-8H3,(H-,47,48,50,51);1H/t41-,42-;/m0./s1. The van der Waals surface area contributed by atoms with Crippen LogP contribution >= 0.6 is 0 Å². The number of nitrogens with zero attached hydrogens (tertiary/aromatic N) is 1. The van der Waals surface area contributed by atoms with Gasteiger partial charge in [-0.3, -0.25) is 0 Å². The Kier molecular flexibility index (Phi) is 31.1. The molecule has 2 atom stereocenters. The fourth-order valence-electron chi connectivity index (χ4n) is 8.13. The first kappa shape index (κ1) is 52.8. The van der Waals surface area contributed by atoms with Gasteiger partial charge in [0, 0.05) is 0 Å². The van der Waals surface area contributed by atoms with Crippen molar-refractivity contribution in [1.82, 2.24) is 10.6 Å². The first-order valence-electron chi connectivity index (χ1n) is 23.1. The Bertz CT molecular complexity index is 831. The summed E-state index contributed by atoms with van der Waals surface area (Å²) >= 11 is 0. The van der Waals surface area contributed by atoms with Crippen LogP contribution in [-0.4, -0.2) is 66.1 Å². The smallest absolute Gasteiger partial charge is 0.408 e. The van der Waals surface area contributed by atoms with Crippen molar-refractivity contribution in [3.63, 3.8) is 0 Å². The molecule has 0 saturated carbocycles. The molecular weight excluding hydrogens is 694 g/mol. The monoisotopic (exact) mass is 786 g/mol. The highest BCUT2D eigenvalue weighted by molar-refractivity contribution is 5.70. The van der Waals surface area contributed by atoms with E-state index in [2.05, 4.69) is 24.5 Å². The molecule has 1 aliphatic heterocycles. The van der Waals surface area contributed by atoms with Gasteiger partial charge in [-0.1, -0.05) is 168 Å². The number of amides is 2. The number of quaternary nitrogens is 1. The predicted molar refractivity (Wildman–Crippen MR) is 227 cm³/mol. The van der Waals surface area contributed by atoms with Crippen LogP contribution in [0, 0.1) is 0 Å². The van der Waals surface area contributed by atoms with Crippen LogP contribution in [0.1, 0.15) is 235 Å². The Morgan fingerprint density at radius 2 is 0.667 bits per heavy atom. The summed E-state index contributed by atoms with van der Waals surface area (Å²) in [6.45, 7) is 19.7. The molecule has 7 nitrogen and oxygen atoms in total. The summed E-state index contributed by atoms with van der Waals surface area (Å²) in [5.41, 5.74) is -1.16. The lowest BCUT2D eigenvalue weighted by Crippen LogP contribution is -3.00. The summed E-state index contributed by atoms with van der Waals surface area (Å²) in [5.74, 6) is 0. The topological polar surface area (TPSA) is 76.7 Å². The van der Waals surface area contributed by atoms with E-state index in [9.17, 15) is 9.59 Å². The van der Waals surface area contributed by atoms with Crippen molar-refractivity contribution in [2.75, 3.05) is 26.2 Å². The van der Waals surface area contributed by atoms with Crippen LogP contribution in [0.4, 0.5) is 9.59 Å². The van der Waals surface area contributed by atoms with E-state index in [1.165, 1.54) is 180 Å². The first-order chi connectivity index (χ1) is 25.3. The van der Waals surface area contributed by atoms with Gasteiger partial charge in [-0.05, 0) is 67.2 Å². The molecule has 0 aromatic heterocycles. The van der Waals surface area contributed by atoms with E-state index in [0.29, 0.717) is 0 Å². The highest BCUT2D eigenvalue weighted by Gasteiger charge is 2.47. The number of unbranched alkanes of at least 4 members (excludes halogenated alkanes) is 26. The fourth-order valence-corrected chi connectivity index (χ4v) is 8.13. The second-order valence-electron chi connectivity index (χ2n) is 18.9. The van der Waals surface area contributed by atoms with Crippen LogP contribution < -0.4 is 23.0 Å². The number of likely N-dealkylation sites (tertiary alicyclic amines) is 1. The van der Waals surface area contributed by atoms with E-state index in [0.717, 1.165) is 30.7 Å². The molecule has 0 aromatic carbocycles. The lowest BCUT2D eigenvalue weighted by Gasteiger charge is -2.35. The van der Waals surface area contributed by atoms with Crippen molar-refractivity contribution >= 4 is 12.2 Å². The Labute approximate surface area is 342 Å². The maximum atomic E-state index is 13.0. The van der Waals surface area contributed by atoms with E-state index < -0.39 is 23.4 Å². The summed E-state index contributed by atoms with van der Waals surface area (Å²) < 4.78 is 12.3. The number of halogens is 1. The molecule has 0 aromatic rings. The second-order valence-corrected chi connectivity index (χ2v) is 18.9. The van der Waals surface area contributed by atoms with Crippen molar-refractivity contribution in [1.29, 1.82) is 0 Å². The van der Waals surface area contributed by atoms with Crippen LogP contribution in [0.5, 0.6) is 0 Å². The van der Waals surface area contributed by atoms with Crippen LogP contribution in [-0.2, 0) is 9.47 Å². The Balaban J connectivity index is 0.0000281. The van der Waals surface area contributed by atoms with Crippen molar-refractivity contribution < 1.29 is 36.0 Å². The average molecular weight is 787 g/mol. The number of hydrogen-bond acceptors (Lipinski definition) is 4. The normalized spacial score (nSPS) is 16.9. The Hall–Kier alpha value is -1.21. The maximum Gasteiger partial charge on any atom is 0.408 e. The lowest BCUT2D eigenvalue weighted by molar-refractivity contribution is -0.918. The number of nitrogens with one attached hydrogen (secondary N) is 2. The molecule has 0 unspecified atom stereocenters. The van der Waals surface area contributed by atoms with E-state index in [1.54, 1.807) is 0 Å². The molecule has 8 heteroatoms. The SMILES string of the molecule is CCCCCCCCCCCCCCCC[N+]1(CCCCCCCCCCCCCCCC)C[C@H](NC(=O)OC(C)(C)C)[C@@H](NC(=O)OC(C)(C)C)C1.[Cl-]. The number of carbonyl (C=O) groups is 2. The van der Waals surface area contributed by atoms with Crippen LogP contribution in [0.25, 0.3) is 0 Å². The third-order valence-electron chi connectivity index (χ3n) is 11.0. The number of ether oxygens (including phenoxy) is 2. The molecule has 2 amide bonds. The van der Waals surface area contributed by atoms with E-state index in [-0.39, 0.29) is 24.5 Å². The van der Waals surface area contributed by atoms with Crippen molar-refractivity contribution in [2.24, 2.45) is 0 Å². The third kappa shape index (κ3) is 30.0. The van der Waals surface area contributed by atoms with E-state index in [1.807, 2.05) is 41.5 Å². The summed E-state index contributed by atoms with van der Waals surface area (Å²) in [6, 6.07) is -0.397. The maximum absolute atomic E-state index is 13.0. The summed E-state index contributed by atoms with van der Waals surface area (Å²) in [4.78, 5) is 26.0. The number of carbonyl (C=O) groups excluding carboxylic acids is 2. The molecule has 1 fully saturated rings. The van der Waals surface area contributed by atoms with Gasteiger partial charge in [-0.2, -0.15) is 0 Å². The molecule has 1 saturated heterocycles. The summed E-state index contributed by atoms with van der Waals surface area (Å²) in [5, 5.41) is 6.33.